The van der Waals surface area contributed by atoms with E-state index in [1.54, 1.807) is 12.1 Å². The minimum Gasteiger partial charge on any atom is -0.387 e. The van der Waals surface area contributed by atoms with Crippen molar-refractivity contribution in [2.75, 3.05) is 0 Å². The molecule has 0 fully saturated rings. The zero-order chi connectivity index (χ0) is 20.7. The molecule has 0 spiro atoms. The Morgan fingerprint density at radius 2 is 1.21 bits per heavy atom. The van der Waals surface area contributed by atoms with Gasteiger partial charge in [0.15, 0.2) is 0 Å². The molecule has 0 atom stereocenters. The van der Waals surface area contributed by atoms with Gasteiger partial charge >= 0.3 is 17.5 Å². The van der Waals surface area contributed by atoms with Crippen molar-refractivity contribution in [3.8, 4) is 11.5 Å². The molecule has 0 aliphatic carbocycles. The summed E-state index contributed by atoms with van der Waals surface area (Å²) in [6.45, 7) is 3.89. The zero-order valence-corrected chi connectivity index (χ0v) is 15.5. The van der Waals surface area contributed by atoms with Gasteiger partial charge in [0.1, 0.15) is 0 Å². The molecule has 0 saturated carbocycles. The molecule has 9 heteroatoms. The molecule has 0 aliphatic heterocycles. The summed E-state index contributed by atoms with van der Waals surface area (Å²) in [4.78, 5) is 33.2. The normalized spacial score (nSPS) is 10.4. The number of nitrogens with zero attached hydrogens (tertiary/aromatic N) is 2. The molecule has 0 heterocycles. The third-order valence-electron chi connectivity index (χ3n) is 3.91. The van der Waals surface area contributed by atoms with Crippen molar-refractivity contribution in [3.63, 3.8) is 0 Å². The molecule has 28 heavy (non-hydrogen) atoms. The first-order valence-corrected chi connectivity index (χ1v) is 8.80. The molecule has 0 saturated heterocycles. The molecule has 0 aliphatic rings. The molecule has 2 rings (SSSR count). The highest BCUT2D eigenvalue weighted by Gasteiger charge is 2.23. The Kier molecular flexibility index (Phi) is 7.02. The number of hydrogen-bond donors (Lipinski definition) is 0. The van der Waals surface area contributed by atoms with E-state index in [9.17, 15) is 25.0 Å². The average Bonchev–Trinajstić information content (AvgIpc) is 2.62. The molecule has 0 amide bonds. The van der Waals surface area contributed by atoms with Crippen LogP contribution >= 0.6 is 0 Å². The molecule has 148 valence electrons. The van der Waals surface area contributed by atoms with Crippen LogP contribution in [0.3, 0.4) is 0 Å². The van der Waals surface area contributed by atoms with Crippen molar-refractivity contribution < 1.29 is 24.1 Å². The van der Waals surface area contributed by atoms with Crippen LogP contribution in [0.25, 0.3) is 0 Å². The lowest BCUT2D eigenvalue weighted by Crippen LogP contribution is -2.15. The number of hydrogen-bond acceptors (Lipinski definition) is 7. The number of carbonyl (C=O) groups excluding carboxylic acids is 1. The van der Waals surface area contributed by atoms with Gasteiger partial charge in [-0.1, -0.05) is 38.8 Å². The summed E-state index contributed by atoms with van der Waals surface area (Å²) in [5.74, 6) is -0.540. The number of nitro groups is 2. The molecule has 0 unspecified atom stereocenters. The predicted molar refractivity (Wildman–Crippen MR) is 101 cm³/mol. The van der Waals surface area contributed by atoms with E-state index in [0.29, 0.717) is 12.8 Å². The van der Waals surface area contributed by atoms with Crippen LogP contribution in [0.15, 0.2) is 36.4 Å². The van der Waals surface area contributed by atoms with Crippen molar-refractivity contribution in [1.29, 1.82) is 0 Å². The van der Waals surface area contributed by atoms with Crippen LogP contribution in [0, 0.1) is 20.2 Å². The van der Waals surface area contributed by atoms with Gasteiger partial charge in [-0.3, -0.25) is 20.2 Å². The standard InChI is InChI=1S/C19H20N2O7/c1-3-5-13-7-9-15(20(23)24)17(11-13)27-19(22)28-18-12-14(6-4-2)8-10-16(18)21(25)26/h7-12H,3-6H2,1-2H3. The largest absolute Gasteiger partial charge is 0.519 e. The van der Waals surface area contributed by atoms with Gasteiger partial charge in [0.2, 0.25) is 11.5 Å². The van der Waals surface area contributed by atoms with Gasteiger partial charge in [0.25, 0.3) is 0 Å². The van der Waals surface area contributed by atoms with Crippen LogP contribution in [0.1, 0.15) is 37.8 Å². The fraction of sp³-hybridized carbons (Fsp3) is 0.316. The third kappa shape index (κ3) is 5.26. The van der Waals surface area contributed by atoms with E-state index in [1.807, 2.05) is 13.8 Å². The number of carbonyl (C=O) groups is 1. The summed E-state index contributed by atoms with van der Waals surface area (Å²) in [6, 6.07) is 8.45. The van der Waals surface area contributed by atoms with Crippen LogP contribution in [0.5, 0.6) is 11.5 Å². The first-order valence-electron chi connectivity index (χ1n) is 8.80. The number of aryl methyl sites for hydroxylation is 2. The fourth-order valence-corrected chi connectivity index (χ4v) is 2.67. The molecule has 2 aromatic rings. The Morgan fingerprint density at radius 1 is 0.821 bits per heavy atom. The van der Waals surface area contributed by atoms with Crippen molar-refractivity contribution in [3.05, 3.63) is 67.8 Å². The second-order valence-electron chi connectivity index (χ2n) is 6.07. The molecule has 2 aromatic carbocycles. The van der Waals surface area contributed by atoms with E-state index < -0.39 is 27.4 Å². The van der Waals surface area contributed by atoms with E-state index in [0.717, 1.165) is 24.0 Å². The lowest BCUT2D eigenvalue weighted by atomic mass is 10.1. The van der Waals surface area contributed by atoms with Crippen molar-refractivity contribution in [2.24, 2.45) is 0 Å². The van der Waals surface area contributed by atoms with Gasteiger partial charge in [-0.05, 0) is 36.1 Å². The maximum Gasteiger partial charge on any atom is 0.519 e. The highest BCUT2D eigenvalue weighted by atomic mass is 16.7. The quantitative estimate of drug-likeness (QED) is 0.270. The summed E-state index contributed by atoms with van der Waals surface area (Å²) in [7, 11) is 0. The van der Waals surface area contributed by atoms with Gasteiger partial charge in [-0.15, -0.1) is 0 Å². The van der Waals surface area contributed by atoms with Gasteiger partial charge in [0, 0.05) is 12.1 Å². The van der Waals surface area contributed by atoms with Gasteiger partial charge < -0.3 is 9.47 Å². The van der Waals surface area contributed by atoms with Gasteiger partial charge in [0.05, 0.1) is 9.85 Å². The fourth-order valence-electron chi connectivity index (χ4n) is 2.67. The Hall–Kier alpha value is -3.49. The van der Waals surface area contributed by atoms with Crippen LogP contribution in [-0.2, 0) is 12.8 Å². The SMILES string of the molecule is CCCc1ccc([N+](=O)[O-])c(OC(=O)Oc2cc(CCC)ccc2[N+](=O)[O-])c1. The van der Waals surface area contributed by atoms with Crippen LogP contribution in [0.4, 0.5) is 16.2 Å². The number of nitro benzene ring substituents is 2. The molecule has 0 N–H and O–H groups in total. The lowest BCUT2D eigenvalue weighted by Gasteiger charge is -2.09. The maximum absolute atomic E-state index is 12.2. The molecule has 0 aromatic heterocycles. The summed E-state index contributed by atoms with van der Waals surface area (Å²) < 4.78 is 10.0. The molecule has 0 bridgehead atoms. The van der Waals surface area contributed by atoms with Gasteiger partial charge in [-0.2, -0.15) is 0 Å². The predicted octanol–water partition coefficient (Wildman–Crippen LogP) is 4.99. The number of rotatable bonds is 8. The molecular weight excluding hydrogens is 368 g/mol. The highest BCUT2D eigenvalue weighted by molar-refractivity contribution is 5.71. The minimum atomic E-state index is -1.28. The van der Waals surface area contributed by atoms with Crippen LogP contribution in [-0.4, -0.2) is 16.0 Å². The monoisotopic (exact) mass is 388 g/mol. The Bertz CT molecular complexity index is 824. The molecule has 0 radical (unpaired) electrons. The third-order valence-corrected chi connectivity index (χ3v) is 3.91. The van der Waals surface area contributed by atoms with E-state index in [4.69, 9.17) is 9.47 Å². The average molecular weight is 388 g/mol. The Morgan fingerprint density at radius 3 is 1.54 bits per heavy atom. The zero-order valence-electron chi connectivity index (χ0n) is 15.5. The highest BCUT2D eigenvalue weighted by Crippen LogP contribution is 2.31. The first-order chi connectivity index (χ1) is 13.3. The first kappa shape index (κ1) is 20.8. The minimum absolute atomic E-state index is 0.270. The van der Waals surface area contributed by atoms with Crippen LogP contribution in [0.2, 0.25) is 0 Å². The summed E-state index contributed by atoms with van der Waals surface area (Å²) in [5, 5.41) is 22.3. The number of benzene rings is 2. The summed E-state index contributed by atoms with van der Waals surface area (Å²) >= 11 is 0. The maximum atomic E-state index is 12.2. The smallest absolute Gasteiger partial charge is 0.387 e. The number of ether oxygens (including phenoxy) is 2. The van der Waals surface area contributed by atoms with E-state index in [-0.39, 0.29) is 11.5 Å². The second-order valence-corrected chi connectivity index (χ2v) is 6.07. The van der Waals surface area contributed by atoms with Crippen LogP contribution < -0.4 is 9.47 Å². The molecular formula is C19H20N2O7. The van der Waals surface area contributed by atoms with Crippen molar-refractivity contribution in [1.82, 2.24) is 0 Å². The molecule has 9 nitrogen and oxygen atoms in total. The van der Waals surface area contributed by atoms with Crippen molar-refractivity contribution >= 4 is 17.5 Å². The Labute approximate surface area is 161 Å². The van der Waals surface area contributed by atoms with E-state index >= 15 is 0 Å². The Balaban J connectivity index is 2.29. The summed E-state index contributed by atoms with van der Waals surface area (Å²) in [5.41, 5.74) is 0.718. The van der Waals surface area contributed by atoms with E-state index in [2.05, 4.69) is 0 Å². The topological polar surface area (TPSA) is 122 Å². The van der Waals surface area contributed by atoms with Gasteiger partial charge in [-0.25, -0.2) is 4.79 Å². The van der Waals surface area contributed by atoms with E-state index in [1.165, 1.54) is 24.3 Å². The second kappa shape index (κ2) is 9.45. The van der Waals surface area contributed by atoms with Crippen molar-refractivity contribution in [2.45, 2.75) is 39.5 Å². The lowest BCUT2D eigenvalue weighted by molar-refractivity contribution is -0.386. The summed E-state index contributed by atoms with van der Waals surface area (Å²) in [6.07, 6.45) is 1.62.